The fraction of sp³-hybridized carbons (Fsp3) is 0.231. The Kier molecular flexibility index (Phi) is 6.32. The zero-order chi connectivity index (χ0) is 21.6. The van der Waals surface area contributed by atoms with E-state index in [9.17, 15) is 9.59 Å². The standard InChI is InChI=1S/C26H26N2O3/c1-19(21-11-6-3-7-12-21)27-25(29)24-15-16-28(26(24)30)22-13-8-14-23(17-22)31-18-20-9-4-2-5-10-20/h2-14,17,19,24H,15-16,18H2,1H3,(H,27,29)/t19-,24+/m0/s1. The van der Waals surface area contributed by atoms with Gasteiger partial charge in [-0.1, -0.05) is 66.7 Å². The molecule has 2 amide bonds. The maximum Gasteiger partial charge on any atom is 0.239 e. The van der Waals surface area contributed by atoms with Gasteiger partial charge in [-0.3, -0.25) is 9.59 Å². The molecule has 0 aliphatic carbocycles. The Morgan fingerprint density at radius 3 is 2.48 bits per heavy atom. The lowest BCUT2D eigenvalue weighted by molar-refractivity contribution is -0.132. The highest BCUT2D eigenvalue weighted by Crippen LogP contribution is 2.29. The van der Waals surface area contributed by atoms with Gasteiger partial charge in [-0.05, 0) is 36.6 Å². The summed E-state index contributed by atoms with van der Waals surface area (Å²) in [4.78, 5) is 27.4. The molecule has 31 heavy (non-hydrogen) atoms. The summed E-state index contributed by atoms with van der Waals surface area (Å²) in [6, 6.07) is 27.0. The minimum Gasteiger partial charge on any atom is -0.489 e. The normalized spacial score (nSPS) is 16.7. The van der Waals surface area contributed by atoms with Crippen LogP contribution in [0.15, 0.2) is 84.9 Å². The predicted octanol–water partition coefficient (Wildman–Crippen LogP) is 4.50. The van der Waals surface area contributed by atoms with E-state index in [1.165, 1.54) is 0 Å². The summed E-state index contributed by atoms with van der Waals surface area (Å²) in [6.07, 6.45) is 0.501. The first-order chi connectivity index (χ1) is 15.1. The fourth-order valence-corrected chi connectivity index (χ4v) is 3.80. The highest BCUT2D eigenvalue weighted by molar-refractivity contribution is 6.09. The first kappa shape index (κ1) is 20.7. The second-order valence-electron chi connectivity index (χ2n) is 7.74. The van der Waals surface area contributed by atoms with Gasteiger partial charge in [0.2, 0.25) is 11.8 Å². The van der Waals surface area contributed by atoms with Gasteiger partial charge in [-0.25, -0.2) is 0 Å². The Balaban J connectivity index is 1.39. The second kappa shape index (κ2) is 9.47. The lowest BCUT2D eigenvalue weighted by Crippen LogP contribution is -2.38. The van der Waals surface area contributed by atoms with Crippen molar-refractivity contribution in [1.82, 2.24) is 5.32 Å². The van der Waals surface area contributed by atoms with Crippen LogP contribution in [0.25, 0.3) is 0 Å². The van der Waals surface area contributed by atoms with E-state index < -0.39 is 5.92 Å². The number of benzene rings is 3. The number of nitrogens with zero attached hydrogens (tertiary/aromatic N) is 1. The van der Waals surface area contributed by atoms with E-state index in [4.69, 9.17) is 4.74 Å². The zero-order valence-electron chi connectivity index (χ0n) is 17.5. The molecule has 5 nitrogen and oxygen atoms in total. The van der Waals surface area contributed by atoms with Crippen LogP contribution in [-0.2, 0) is 16.2 Å². The lowest BCUT2D eigenvalue weighted by Gasteiger charge is -2.19. The zero-order valence-corrected chi connectivity index (χ0v) is 17.5. The molecule has 1 N–H and O–H groups in total. The van der Waals surface area contributed by atoms with Crippen LogP contribution in [0.1, 0.15) is 30.5 Å². The van der Waals surface area contributed by atoms with Crippen molar-refractivity contribution in [2.75, 3.05) is 11.4 Å². The molecule has 1 heterocycles. The number of nitrogens with one attached hydrogen (secondary N) is 1. The Labute approximate surface area is 182 Å². The molecule has 1 aliphatic heterocycles. The molecule has 4 rings (SSSR count). The van der Waals surface area contributed by atoms with E-state index >= 15 is 0 Å². The third kappa shape index (κ3) is 4.94. The van der Waals surface area contributed by atoms with E-state index in [1.807, 2.05) is 91.9 Å². The van der Waals surface area contributed by atoms with Crippen molar-refractivity contribution in [2.24, 2.45) is 5.92 Å². The van der Waals surface area contributed by atoms with Crippen molar-refractivity contribution in [3.8, 4) is 5.75 Å². The molecule has 2 atom stereocenters. The monoisotopic (exact) mass is 414 g/mol. The molecule has 0 radical (unpaired) electrons. The molecule has 3 aromatic carbocycles. The summed E-state index contributed by atoms with van der Waals surface area (Å²) in [5.74, 6) is -0.363. The molecule has 0 saturated carbocycles. The SMILES string of the molecule is C[C@H](NC(=O)[C@H]1CCN(c2cccc(OCc3ccccc3)c2)C1=O)c1ccccc1. The van der Waals surface area contributed by atoms with Gasteiger partial charge in [0.05, 0.1) is 6.04 Å². The van der Waals surface area contributed by atoms with Gasteiger partial charge in [-0.2, -0.15) is 0 Å². The van der Waals surface area contributed by atoms with Gasteiger partial charge in [0, 0.05) is 18.3 Å². The van der Waals surface area contributed by atoms with E-state index in [-0.39, 0.29) is 17.9 Å². The molecule has 1 saturated heterocycles. The van der Waals surface area contributed by atoms with Crippen molar-refractivity contribution >= 4 is 17.5 Å². The topological polar surface area (TPSA) is 58.6 Å². The fourth-order valence-electron chi connectivity index (χ4n) is 3.80. The molecule has 1 aliphatic rings. The number of carbonyl (C=O) groups excluding carboxylic acids is 2. The number of amides is 2. The van der Waals surface area contributed by atoms with Crippen LogP contribution in [-0.4, -0.2) is 18.4 Å². The van der Waals surface area contributed by atoms with Crippen LogP contribution in [0.3, 0.4) is 0 Å². The molecule has 158 valence electrons. The Morgan fingerprint density at radius 2 is 1.74 bits per heavy atom. The highest BCUT2D eigenvalue weighted by atomic mass is 16.5. The molecule has 0 spiro atoms. The second-order valence-corrected chi connectivity index (χ2v) is 7.74. The lowest BCUT2D eigenvalue weighted by atomic mass is 10.0. The minimum atomic E-state index is -0.667. The van der Waals surface area contributed by atoms with Crippen molar-refractivity contribution in [3.63, 3.8) is 0 Å². The summed E-state index contributed by atoms with van der Waals surface area (Å²) in [5.41, 5.74) is 2.85. The molecule has 1 fully saturated rings. The van der Waals surface area contributed by atoms with E-state index in [1.54, 1.807) is 4.90 Å². The average Bonchev–Trinajstić information content (AvgIpc) is 3.20. The summed E-state index contributed by atoms with van der Waals surface area (Å²) < 4.78 is 5.89. The molecule has 0 bridgehead atoms. The van der Waals surface area contributed by atoms with Gasteiger partial charge in [0.1, 0.15) is 18.3 Å². The van der Waals surface area contributed by atoms with Crippen molar-refractivity contribution < 1.29 is 14.3 Å². The third-order valence-electron chi connectivity index (χ3n) is 5.56. The van der Waals surface area contributed by atoms with E-state index in [0.717, 1.165) is 16.8 Å². The highest BCUT2D eigenvalue weighted by Gasteiger charge is 2.38. The Morgan fingerprint density at radius 1 is 1.03 bits per heavy atom. The summed E-state index contributed by atoms with van der Waals surface area (Å²) in [6.45, 7) is 2.90. The third-order valence-corrected chi connectivity index (χ3v) is 5.56. The summed E-state index contributed by atoms with van der Waals surface area (Å²) in [5, 5.41) is 2.98. The number of carbonyl (C=O) groups is 2. The van der Waals surface area contributed by atoms with Crippen LogP contribution in [0, 0.1) is 5.92 Å². The van der Waals surface area contributed by atoms with Crippen molar-refractivity contribution in [3.05, 3.63) is 96.1 Å². The number of hydrogen-bond acceptors (Lipinski definition) is 3. The van der Waals surface area contributed by atoms with Gasteiger partial charge in [0.15, 0.2) is 0 Å². The van der Waals surface area contributed by atoms with Crippen LogP contribution >= 0.6 is 0 Å². The smallest absolute Gasteiger partial charge is 0.239 e. The molecule has 0 unspecified atom stereocenters. The summed E-state index contributed by atoms with van der Waals surface area (Å²) >= 11 is 0. The number of ether oxygens (including phenoxy) is 1. The maximum absolute atomic E-state index is 13.0. The molecular weight excluding hydrogens is 388 g/mol. The quantitative estimate of drug-likeness (QED) is 0.579. The van der Waals surface area contributed by atoms with Crippen molar-refractivity contribution in [2.45, 2.75) is 26.0 Å². The van der Waals surface area contributed by atoms with E-state index in [0.29, 0.717) is 25.3 Å². The van der Waals surface area contributed by atoms with Crippen molar-refractivity contribution in [1.29, 1.82) is 0 Å². The van der Waals surface area contributed by atoms with Crippen LogP contribution in [0.2, 0.25) is 0 Å². The largest absolute Gasteiger partial charge is 0.489 e. The van der Waals surface area contributed by atoms with Gasteiger partial charge >= 0.3 is 0 Å². The maximum atomic E-state index is 13.0. The predicted molar refractivity (Wildman–Crippen MR) is 121 cm³/mol. The molecule has 5 heteroatoms. The van der Waals surface area contributed by atoms with E-state index in [2.05, 4.69) is 5.32 Å². The Hall–Kier alpha value is -3.60. The van der Waals surface area contributed by atoms with Crippen LogP contribution < -0.4 is 15.0 Å². The molecule has 0 aromatic heterocycles. The number of hydrogen-bond donors (Lipinski definition) is 1. The first-order valence-corrected chi connectivity index (χ1v) is 10.6. The van der Waals surface area contributed by atoms with Gasteiger partial charge < -0.3 is 15.0 Å². The molecular formula is C26H26N2O3. The minimum absolute atomic E-state index is 0.148. The summed E-state index contributed by atoms with van der Waals surface area (Å²) in [7, 11) is 0. The molecule has 3 aromatic rings. The van der Waals surface area contributed by atoms with Crippen LogP contribution in [0.5, 0.6) is 5.75 Å². The Bertz CT molecular complexity index is 1040. The average molecular weight is 415 g/mol. The van der Waals surface area contributed by atoms with Gasteiger partial charge in [-0.15, -0.1) is 0 Å². The number of rotatable bonds is 7. The first-order valence-electron chi connectivity index (χ1n) is 10.6. The number of anilines is 1. The van der Waals surface area contributed by atoms with Crippen LogP contribution in [0.4, 0.5) is 5.69 Å². The van der Waals surface area contributed by atoms with Gasteiger partial charge in [0.25, 0.3) is 0 Å².